The molecule has 0 saturated carbocycles. The number of likely N-dealkylation sites (tertiary alicyclic amines) is 1. The van der Waals surface area contributed by atoms with Gasteiger partial charge in [0.1, 0.15) is 17.7 Å². The molecule has 1 aliphatic rings. The van der Waals surface area contributed by atoms with Gasteiger partial charge in [0.2, 0.25) is 11.8 Å². The molecule has 180 valence electrons. The molecule has 1 unspecified atom stereocenters. The first-order valence-electron chi connectivity index (χ1n) is 10.5. The van der Waals surface area contributed by atoms with Gasteiger partial charge in [0.25, 0.3) is 0 Å². The van der Waals surface area contributed by atoms with Crippen LogP contribution in [0.4, 0.5) is 4.79 Å². The van der Waals surface area contributed by atoms with Crippen molar-refractivity contribution < 1.29 is 28.9 Å². The molecule has 0 aliphatic carbocycles. The van der Waals surface area contributed by atoms with Crippen LogP contribution < -0.4 is 10.1 Å². The van der Waals surface area contributed by atoms with Gasteiger partial charge in [-0.25, -0.2) is 9.78 Å². The van der Waals surface area contributed by atoms with Gasteiger partial charge in [-0.1, -0.05) is 32.4 Å². The van der Waals surface area contributed by atoms with Gasteiger partial charge in [-0.2, -0.15) is 0 Å². The van der Waals surface area contributed by atoms with E-state index in [0.29, 0.717) is 17.3 Å². The number of alkyl carbamates (subject to hydrolysis) is 1. The molecule has 2 rings (SSSR count). The second-order valence-corrected chi connectivity index (χ2v) is 10.4. The number of amides is 2. The maximum absolute atomic E-state index is 13.6. The highest BCUT2D eigenvalue weighted by Crippen LogP contribution is 2.29. The van der Waals surface area contributed by atoms with Crippen LogP contribution in [0.2, 0.25) is 5.02 Å². The van der Waals surface area contributed by atoms with Crippen molar-refractivity contribution in [2.75, 3.05) is 13.7 Å². The molecule has 0 spiro atoms. The van der Waals surface area contributed by atoms with E-state index in [2.05, 4.69) is 10.3 Å². The Hall–Kier alpha value is -2.10. The van der Waals surface area contributed by atoms with Gasteiger partial charge in [-0.15, -0.1) is 0 Å². The Morgan fingerprint density at radius 3 is 2.41 bits per heavy atom. The van der Waals surface area contributed by atoms with E-state index < -0.39 is 41.6 Å². The summed E-state index contributed by atoms with van der Waals surface area (Å²) in [6.45, 7) is 11.0. The zero-order valence-electron chi connectivity index (χ0n) is 19.7. The number of aliphatic hydroxyl groups is 1. The number of carbonyl (C=O) groups excluding carboxylic acids is 2. The average Bonchev–Trinajstić information content (AvgIpc) is 3.08. The first-order valence-corrected chi connectivity index (χ1v) is 10.9. The second kappa shape index (κ2) is 10.2. The zero-order chi connectivity index (χ0) is 24.3. The van der Waals surface area contributed by atoms with Crippen molar-refractivity contribution >= 4 is 23.6 Å². The molecule has 9 nitrogen and oxygen atoms in total. The Morgan fingerprint density at radius 1 is 1.25 bits per heavy atom. The highest BCUT2D eigenvalue weighted by atomic mass is 35.5. The number of nitrogens with zero attached hydrogens (tertiary/aromatic N) is 2. The number of halogens is 1. The zero-order valence-corrected chi connectivity index (χ0v) is 20.5. The summed E-state index contributed by atoms with van der Waals surface area (Å²) in [6, 6.07) is 1.74. The number of carbonyl (C=O) groups is 2. The molecular formula is C22H34ClN3O6. The fraction of sp³-hybridized carbons (Fsp3) is 0.682. The van der Waals surface area contributed by atoms with E-state index in [9.17, 15) is 14.7 Å². The van der Waals surface area contributed by atoms with Crippen molar-refractivity contribution in [2.45, 2.75) is 78.0 Å². The van der Waals surface area contributed by atoms with Gasteiger partial charge in [-0.3, -0.25) is 4.79 Å². The lowest BCUT2D eigenvalue weighted by Gasteiger charge is -2.36. The van der Waals surface area contributed by atoms with E-state index >= 15 is 0 Å². The Kier molecular flexibility index (Phi) is 8.36. The summed E-state index contributed by atoms with van der Waals surface area (Å²) in [7, 11) is 1.36. The molecule has 1 aromatic heterocycles. The van der Waals surface area contributed by atoms with Crippen LogP contribution in [-0.2, 0) is 14.3 Å². The number of rotatable bonds is 6. The van der Waals surface area contributed by atoms with Gasteiger partial charge >= 0.3 is 6.09 Å². The molecule has 1 aliphatic heterocycles. The SMILES string of the molecule is COC(O)[C@@H]1C[C@@H](Oc2ccc(Cl)cn2)CN1C(=O)[C@@H](NC(=O)OC(C)(C)C)C(C)(C)C. The van der Waals surface area contributed by atoms with Crippen molar-refractivity contribution in [2.24, 2.45) is 5.41 Å². The quantitative estimate of drug-likeness (QED) is 0.613. The third kappa shape index (κ3) is 7.21. The van der Waals surface area contributed by atoms with Crippen LogP contribution in [0, 0.1) is 5.41 Å². The lowest BCUT2D eigenvalue weighted by atomic mass is 9.85. The Bertz CT molecular complexity index is 790. The average molecular weight is 472 g/mol. The fourth-order valence-corrected chi connectivity index (χ4v) is 3.55. The smallest absolute Gasteiger partial charge is 0.408 e. The first-order chi connectivity index (χ1) is 14.7. The van der Waals surface area contributed by atoms with Crippen molar-refractivity contribution in [3.05, 3.63) is 23.4 Å². The normalized spacial score (nSPS) is 21.1. The van der Waals surface area contributed by atoms with Crippen LogP contribution in [0.1, 0.15) is 48.0 Å². The maximum Gasteiger partial charge on any atom is 0.408 e. The van der Waals surface area contributed by atoms with E-state index in [0.717, 1.165) is 0 Å². The monoisotopic (exact) mass is 471 g/mol. The van der Waals surface area contributed by atoms with Crippen LogP contribution in [0.3, 0.4) is 0 Å². The van der Waals surface area contributed by atoms with Crippen molar-refractivity contribution in [3.63, 3.8) is 0 Å². The highest BCUT2D eigenvalue weighted by molar-refractivity contribution is 6.30. The van der Waals surface area contributed by atoms with Crippen molar-refractivity contribution in [3.8, 4) is 5.88 Å². The number of ether oxygens (including phenoxy) is 3. The van der Waals surface area contributed by atoms with Gasteiger partial charge in [0.05, 0.1) is 17.6 Å². The highest BCUT2D eigenvalue weighted by Gasteiger charge is 2.46. The molecule has 1 saturated heterocycles. The van der Waals surface area contributed by atoms with Gasteiger partial charge in [-0.05, 0) is 32.3 Å². The lowest BCUT2D eigenvalue weighted by Crippen LogP contribution is -2.57. The van der Waals surface area contributed by atoms with Crippen LogP contribution in [0.15, 0.2) is 18.3 Å². The van der Waals surface area contributed by atoms with E-state index in [4.69, 9.17) is 25.8 Å². The third-order valence-electron chi connectivity index (χ3n) is 4.92. The van der Waals surface area contributed by atoms with E-state index in [1.54, 1.807) is 32.9 Å². The van der Waals surface area contributed by atoms with E-state index in [-0.39, 0.29) is 12.5 Å². The van der Waals surface area contributed by atoms with Crippen LogP contribution in [0.5, 0.6) is 5.88 Å². The van der Waals surface area contributed by atoms with Crippen LogP contribution >= 0.6 is 11.6 Å². The Labute approximate surface area is 194 Å². The minimum atomic E-state index is -1.21. The topological polar surface area (TPSA) is 110 Å². The summed E-state index contributed by atoms with van der Waals surface area (Å²) in [6.07, 6.45) is -0.533. The molecule has 2 N–H and O–H groups in total. The number of aromatic nitrogens is 1. The molecule has 0 aromatic carbocycles. The summed E-state index contributed by atoms with van der Waals surface area (Å²) in [5.41, 5.74) is -1.32. The number of methoxy groups -OCH3 is 1. The molecule has 10 heteroatoms. The largest absolute Gasteiger partial charge is 0.472 e. The lowest BCUT2D eigenvalue weighted by molar-refractivity contribution is -0.152. The molecule has 2 heterocycles. The summed E-state index contributed by atoms with van der Waals surface area (Å²) >= 11 is 5.87. The molecule has 32 heavy (non-hydrogen) atoms. The minimum absolute atomic E-state index is 0.191. The molecule has 0 bridgehead atoms. The van der Waals surface area contributed by atoms with Gasteiger partial charge < -0.3 is 29.5 Å². The van der Waals surface area contributed by atoms with E-state index in [1.807, 2.05) is 20.8 Å². The van der Waals surface area contributed by atoms with Crippen LogP contribution in [0.25, 0.3) is 0 Å². The van der Waals surface area contributed by atoms with Gasteiger partial charge in [0, 0.05) is 25.8 Å². The third-order valence-corrected chi connectivity index (χ3v) is 5.14. The molecule has 0 radical (unpaired) electrons. The number of nitrogens with one attached hydrogen (secondary N) is 1. The fourth-order valence-electron chi connectivity index (χ4n) is 3.43. The molecule has 4 atom stereocenters. The summed E-state index contributed by atoms with van der Waals surface area (Å²) in [5.74, 6) is -0.00164. The molecule has 2 amide bonds. The standard InChI is InChI=1S/C22H34ClN3O6/c1-21(2,3)17(25-20(29)32-22(4,5)6)18(27)26-12-14(10-15(26)19(28)30-7)31-16-9-8-13(23)11-24-16/h8-9,11,14-15,17,19,28H,10,12H2,1-7H3,(H,25,29)/t14-,15+,17-,19?/m1/s1. The van der Waals surface area contributed by atoms with Crippen LogP contribution in [-0.4, -0.2) is 70.7 Å². The summed E-state index contributed by atoms with van der Waals surface area (Å²) in [5, 5.41) is 13.6. The summed E-state index contributed by atoms with van der Waals surface area (Å²) < 4.78 is 16.4. The van der Waals surface area contributed by atoms with E-state index in [1.165, 1.54) is 18.2 Å². The number of hydrogen-bond donors (Lipinski definition) is 2. The first kappa shape index (κ1) is 26.2. The molecular weight excluding hydrogens is 438 g/mol. The van der Waals surface area contributed by atoms with Crippen molar-refractivity contribution in [1.82, 2.24) is 15.2 Å². The predicted molar refractivity (Wildman–Crippen MR) is 119 cm³/mol. The number of pyridine rings is 1. The second-order valence-electron chi connectivity index (χ2n) is 9.92. The Balaban J connectivity index is 2.22. The maximum atomic E-state index is 13.6. The molecule has 1 aromatic rings. The number of aliphatic hydroxyl groups excluding tert-OH is 1. The number of hydrogen-bond acceptors (Lipinski definition) is 7. The van der Waals surface area contributed by atoms with Crippen molar-refractivity contribution in [1.29, 1.82) is 0 Å². The molecule has 1 fully saturated rings. The predicted octanol–water partition coefficient (Wildman–Crippen LogP) is 2.99. The summed E-state index contributed by atoms with van der Waals surface area (Å²) in [4.78, 5) is 31.6. The Morgan fingerprint density at radius 2 is 1.91 bits per heavy atom. The van der Waals surface area contributed by atoms with Gasteiger partial charge in [0.15, 0.2) is 6.29 Å². The minimum Gasteiger partial charge on any atom is -0.472 e.